The Labute approximate surface area is 117 Å². The second-order valence-corrected chi connectivity index (χ2v) is 7.65. The molecule has 0 aromatic heterocycles. The van der Waals surface area contributed by atoms with E-state index in [-0.39, 0.29) is 12.4 Å². The molecule has 2 rings (SSSR count). The molecule has 0 amide bonds. The topological polar surface area (TPSA) is 15.3 Å². The van der Waals surface area contributed by atoms with Crippen molar-refractivity contribution in [2.75, 3.05) is 38.5 Å². The smallest absolute Gasteiger partial charge is 0.0116 e. The fraction of sp³-hybridized carbons (Fsp3) is 1.00. The summed E-state index contributed by atoms with van der Waals surface area (Å²) in [6.45, 7) is 11.2. The maximum atomic E-state index is 3.45. The van der Waals surface area contributed by atoms with E-state index in [0.717, 1.165) is 5.92 Å². The van der Waals surface area contributed by atoms with Crippen molar-refractivity contribution in [3.8, 4) is 0 Å². The van der Waals surface area contributed by atoms with Gasteiger partial charge in [-0.2, -0.15) is 11.8 Å². The van der Waals surface area contributed by atoms with Gasteiger partial charge in [0, 0.05) is 23.6 Å². The van der Waals surface area contributed by atoms with Gasteiger partial charge in [-0.3, -0.25) is 0 Å². The average molecular weight is 279 g/mol. The lowest BCUT2D eigenvalue weighted by Crippen LogP contribution is -2.37. The molecular weight excluding hydrogens is 252 g/mol. The van der Waals surface area contributed by atoms with Gasteiger partial charge in [0.15, 0.2) is 0 Å². The Morgan fingerprint density at radius 1 is 1.24 bits per heavy atom. The first-order chi connectivity index (χ1) is 7.66. The van der Waals surface area contributed by atoms with Crippen molar-refractivity contribution in [2.45, 2.75) is 37.9 Å². The summed E-state index contributed by atoms with van der Waals surface area (Å²) in [4.78, 5) is 2.71. The van der Waals surface area contributed by atoms with Crippen molar-refractivity contribution >= 4 is 24.2 Å². The highest BCUT2D eigenvalue weighted by Gasteiger charge is 2.25. The van der Waals surface area contributed by atoms with Crippen molar-refractivity contribution in [3.63, 3.8) is 0 Å². The molecule has 2 aliphatic heterocycles. The maximum Gasteiger partial charge on any atom is 0.0116 e. The molecular formula is C13H27ClN2S. The van der Waals surface area contributed by atoms with Crippen LogP contribution in [0, 0.1) is 5.92 Å². The van der Waals surface area contributed by atoms with E-state index in [1.54, 1.807) is 0 Å². The lowest BCUT2D eigenvalue weighted by Gasteiger charge is -2.29. The number of nitrogens with one attached hydrogen (secondary N) is 1. The average Bonchev–Trinajstić information content (AvgIpc) is 2.42. The minimum Gasteiger partial charge on any atom is -0.317 e. The fourth-order valence-electron chi connectivity index (χ4n) is 2.67. The molecule has 0 radical (unpaired) electrons. The van der Waals surface area contributed by atoms with Crippen LogP contribution >= 0.6 is 24.2 Å². The molecule has 2 heterocycles. The highest BCUT2D eigenvalue weighted by molar-refractivity contribution is 8.00. The van der Waals surface area contributed by atoms with Crippen LogP contribution in [0.4, 0.5) is 0 Å². The minimum absolute atomic E-state index is 0. The number of hydrogen-bond acceptors (Lipinski definition) is 3. The summed E-state index contributed by atoms with van der Waals surface area (Å²) in [5.41, 5.74) is 0. The van der Waals surface area contributed by atoms with Gasteiger partial charge in [-0.15, -0.1) is 12.4 Å². The summed E-state index contributed by atoms with van der Waals surface area (Å²) in [7, 11) is 0. The largest absolute Gasteiger partial charge is 0.317 e. The van der Waals surface area contributed by atoms with Gasteiger partial charge < -0.3 is 10.2 Å². The third kappa shape index (κ3) is 5.37. The lowest BCUT2D eigenvalue weighted by molar-refractivity contribution is 0.212. The lowest BCUT2D eigenvalue weighted by atomic mass is 9.97. The predicted octanol–water partition coefficient (Wildman–Crippen LogP) is 2.63. The molecule has 1 N–H and O–H groups in total. The van der Waals surface area contributed by atoms with E-state index in [2.05, 4.69) is 35.8 Å². The Balaban J connectivity index is 0.00000144. The van der Waals surface area contributed by atoms with E-state index in [0.29, 0.717) is 4.75 Å². The van der Waals surface area contributed by atoms with Gasteiger partial charge in [-0.1, -0.05) is 13.8 Å². The first-order valence-electron chi connectivity index (χ1n) is 6.73. The molecule has 0 aromatic rings. The van der Waals surface area contributed by atoms with Crippen molar-refractivity contribution < 1.29 is 0 Å². The molecule has 2 fully saturated rings. The Kier molecular flexibility index (Phi) is 6.64. The summed E-state index contributed by atoms with van der Waals surface area (Å²) in [6, 6.07) is 0. The van der Waals surface area contributed by atoms with Crippen molar-refractivity contribution in [2.24, 2.45) is 5.92 Å². The van der Waals surface area contributed by atoms with E-state index >= 15 is 0 Å². The van der Waals surface area contributed by atoms with Crippen molar-refractivity contribution in [1.82, 2.24) is 10.2 Å². The van der Waals surface area contributed by atoms with E-state index in [9.17, 15) is 0 Å². The summed E-state index contributed by atoms with van der Waals surface area (Å²) in [5, 5.41) is 3.45. The molecule has 2 saturated heterocycles. The minimum atomic E-state index is 0. The van der Waals surface area contributed by atoms with Crippen LogP contribution in [0.25, 0.3) is 0 Å². The molecule has 2 aliphatic rings. The van der Waals surface area contributed by atoms with Gasteiger partial charge in [-0.25, -0.2) is 0 Å². The van der Waals surface area contributed by atoms with Gasteiger partial charge in [0.05, 0.1) is 0 Å². The molecule has 2 nitrogen and oxygen atoms in total. The molecule has 0 aromatic carbocycles. The van der Waals surface area contributed by atoms with Crippen LogP contribution in [0.15, 0.2) is 0 Å². The maximum absolute atomic E-state index is 3.45. The van der Waals surface area contributed by atoms with Crippen LogP contribution in [0.5, 0.6) is 0 Å². The monoisotopic (exact) mass is 278 g/mol. The van der Waals surface area contributed by atoms with Crippen LogP contribution < -0.4 is 5.32 Å². The van der Waals surface area contributed by atoms with Crippen LogP contribution in [0.1, 0.15) is 33.1 Å². The van der Waals surface area contributed by atoms with E-state index < -0.39 is 0 Å². The number of thioether (sulfide) groups is 1. The fourth-order valence-corrected chi connectivity index (χ4v) is 3.81. The first-order valence-corrected chi connectivity index (χ1v) is 7.71. The molecule has 0 aliphatic carbocycles. The molecule has 0 saturated carbocycles. The number of hydrogen-bond donors (Lipinski definition) is 1. The van der Waals surface area contributed by atoms with Gasteiger partial charge in [-0.05, 0) is 44.8 Å². The van der Waals surface area contributed by atoms with Crippen LogP contribution in [-0.2, 0) is 0 Å². The number of rotatable bonds is 2. The van der Waals surface area contributed by atoms with Crippen LogP contribution in [0.2, 0.25) is 0 Å². The molecule has 0 unspecified atom stereocenters. The van der Waals surface area contributed by atoms with Crippen LogP contribution in [-0.4, -0.2) is 48.1 Å². The Morgan fingerprint density at radius 3 is 2.65 bits per heavy atom. The van der Waals surface area contributed by atoms with Crippen molar-refractivity contribution in [1.29, 1.82) is 0 Å². The Morgan fingerprint density at radius 2 is 1.94 bits per heavy atom. The normalized spacial score (nSPS) is 27.2. The van der Waals surface area contributed by atoms with Crippen LogP contribution in [0.3, 0.4) is 0 Å². The third-order valence-corrected chi connectivity index (χ3v) is 5.28. The second kappa shape index (κ2) is 7.22. The second-order valence-electron chi connectivity index (χ2n) is 5.85. The molecule has 0 spiro atoms. The zero-order valence-electron chi connectivity index (χ0n) is 11.2. The highest BCUT2D eigenvalue weighted by atomic mass is 35.5. The zero-order valence-corrected chi connectivity index (χ0v) is 12.8. The van der Waals surface area contributed by atoms with E-state index in [4.69, 9.17) is 0 Å². The van der Waals surface area contributed by atoms with Gasteiger partial charge in [0.25, 0.3) is 0 Å². The van der Waals surface area contributed by atoms with Gasteiger partial charge in [0.2, 0.25) is 0 Å². The third-order valence-electron chi connectivity index (χ3n) is 3.91. The summed E-state index contributed by atoms with van der Waals surface area (Å²) in [5.74, 6) is 2.27. The highest BCUT2D eigenvalue weighted by Crippen LogP contribution is 2.31. The SMILES string of the molecule is CC1(C)CCN(CC2CCNCC2)CCS1.Cl. The predicted molar refractivity (Wildman–Crippen MR) is 80.4 cm³/mol. The standard InChI is InChI=1S/C13H26N2S.ClH/c1-13(2)5-8-15(9-10-16-13)11-12-3-6-14-7-4-12;/h12,14H,3-11H2,1-2H3;1H. The summed E-state index contributed by atoms with van der Waals surface area (Å²) >= 11 is 2.15. The zero-order chi connectivity index (χ0) is 11.4. The molecule has 0 atom stereocenters. The molecule has 17 heavy (non-hydrogen) atoms. The molecule has 0 bridgehead atoms. The molecule has 102 valence electrons. The van der Waals surface area contributed by atoms with E-state index in [1.807, 2.05) is 0 Å². The Bertz CT molecular complexity index is 217. The number of piperidine rings is 1. The van der Waals surface area contributed by atoms with Crippen molar-refractivity contribution in [3.05, 3.63) is 0 Å². The van der Waals surface area contributed by atoms with Gasteiger partial charge in [0.1, 0.15) is 0 Å². The van der Waals surface area contributed by atoms with Gasteiger partial charge >= 0.3 is 0 Å². The quantitative estimate of drug-likeness (QED) is 0.836. The number of nitrogens with zero attached hydrogens (tertiary/aromatic N) is 1. The summed E-state index contributed by atoms with van der Waals surface area (Å²) < 4.78 is 0.503. The van der Waals surface area contributed by atoms with E-state index in [1.165, 1.54) is 57.7 Å². The number of halogens is 1. The molecule has 4 heteroatoms. The first kappa shape index (κ1) is 15.6. The Hall–Kier alpha value is 0.560. The summed E-state index contributed by atoms with van der Waals surface area (Å²) in [6.07, 6.45) is 4.11.